The molecule has 3 aromatic rings. The van der Waals surface area contributed by atoms with E-state index < -0.39 is 0 Å². The van der Waals surface area contributed by atoms with Gasteiger partial charge in [0.15, 0.2) is 0 Å². The van der Waals surface area contributed by atoms with Crippen molar-refractivity contribution in [2.75, 3.05) is 11.1 Å². The summed E-state index contributed by atoms with van der Waals surface area (Å²) in [4.78, 5) is 24.5. The Balaban J connectivity index is 1.73. The summed E-state index contributed by atoms with van der Waals surface area (Å²) in [7, 11) is 0. The highest BCUT2D eigenvalue weighted by Gasteiger charge is 2.09. The maximum Gasteiger partial charge on any atom is 0.271 e. The Kier molecular flexibility index (Phi) is 6.21. The minimum absolute atomic E-state index is 0.166. The van der Waals surface area contributed by atoms with Crippen molar-refractivity contribution in [3.63, 3.8) is 0 Å². The molecule has 1 N–H and O–H groups in total. The van der Waals surface area contributed by atoms with Gasteiger partial charge in [0.25, 0.3) is 5.56 Å². The third kappa shape index (κ3) is 4.82. The minimum atomic E-state index is -0.216. The topological polar surface area (TPSA) is 64.0 Å². The second kappa shape index (κ2) is 8.63. The van der Waals surface area contributed by atoms with Crippen LogP contribution in [-0.2, 0) is 4.79 Å². The summed E-state index contributed by atoms with van der Waals surface area (Å²) in [5.74, 6) is 0.00507. The molecule has 0 radical (unpaired) electrons. The molecule has 0 atom stereocenters. The van der Waals surface area contributed by atoms with Crippen molar-refractivity contribution < 1.29 is 4.79 Å². The third-order valence-corrected chi connectivity index (χ3v) is 5.49. The van der Waals surface area contributed by atoms with Crippen molar-refractivity contribution in [2.24, 2.45) is 0 Å². The molecule has 0 aliphatic heterocycles. The molecule has 2 aromatic carbocycles. The van der Waals surface area contributed by atoms with Crippen LogP contribution in [-0.4, -0.2) is 21.4 Å². The highest BCUT2D eigenvalue weighted by Crippen LogP contribution is 2.21. The largest absolute Gasteiger partial charge is 0.325 e. The first kappa shape index (κ1) is 20.2. The van der Waals surface area contributed by atoms with Crippen LogP contribution in [0.2, 0.25) is 5.02 Å². The van der Waals surface area contributed by atoms with Crippen LogP contribution in [0.4, 0.5) is 5.69 Å². The quantitative estimate of drug-likeness (QED) is 0.623. The number of anilines is 1. The number of aromatic nitrogens is 2. The van der Waals surface area contributed by atoms with Gasteiger partial charge in [0.2, 0.25) is 5.91 Å². The third-order valence-electron chi connectivity index (χ3n) is 4.34. The number of hydrogen-bond donors (Lipinski definition) is 1. The zero-order valence-corrected chi connectivity index (χ0v) is 17.4. The molecule has 0 spiro atoms. The van der Waals surface area contributed by atoms with E-state index in [0.717, 1.165) is 16.7 Å². The fourth-order valence-corrected chi connectivity index (χ4v) is 3.40. The molecule has 0 bridgehead atoms. The molecule has 5 nitrogen and oxygen atoms in total. The number of nitrogens with one attached hydrogen (secondary N) is 1. The summed E-state index contributed by atoms with van der Waals surface area (Å²) in [6.45, 7) is 5.91. The van der Waals surface area contributed by atoms with Gasteiger partial charge in [0.05, 0.1) is 11.4 Å². The second-order valence-electron chi connectivity index (χ2n) is 6.49. The number of benzene rings is 2. The summed E-state index contributed by atoms with van der Waals surface area (Å²) in [6.07, 6.45) is 0. The number of carbonyl (C=O) groups is 1. The van der Waals surface area contributed by atoms with E-state index in [4.69, 9.17) is 11.6 Å². The van der Waals surface area contributed by atoms with Gasteiger partial charge in [-0.15, -0.1) is 0 Å². The lowest BCUT2D eigenvalue weighted by Gasteiger charge is -2.10. The number of aryl methyl sites for hydroxylation is 3. The number of hydrogen-bond acceptors (Lipinski definition) is 4. The number of halogens is 1. The van der Waals surface area contributed by atoms with Crippen molar-refractivity contribution in [3.8, 4) is 5.69 Å². The predicted molar refractivity (Wildman–Crippen MR) is 115 cm³/mol. The van der Waals surface area contributed by atoms with Gasteiger partial charge in [-0.3, -0.25) is 9.59 Å². The standard InChI is InChI=1S/C21H20ClN3O2S/c1-13-5-7-17(10-15(13)3)25-21(27)9-8-20(24-25)28-12-19(26)23-18-11-16(22)6-4-14(18)2/h4-11H,12H2,1-3H3,(H,23,26). The average Bonchev–Trinajstić information content (AvgIpc) is 2.66. The molecular weight excluding hydrogens is 394 g/mol. The number of thioether (sulfide) groups is 1. The van der Waals surface area contributed by atoms with E-state index in [2.05, 4.69) is 10.4 Å². The van der Waals surface area contributed by atoms with E-state index in [0.29, 0.717) is 21.4 Å². The number of carbonyl (C=O) groups excluding carboxylic acids is 1. The Labute approximate surface area is 172 Å². The van der Waals surface area contributed by atoms with Gasteiger partial charge in [-0.25, -0.2) is 0 Å². The zero-order chi connectivity index (χ0) is 20.3. The molecule has 0 unspecified atom stereocenters. The van der Waals surface area contributed by atoms with Gasteiger partial charge >= 0.3 is 0 Å². The van der Waals surface area contributed by atoms with Crippen LogP contribution in [0.5, 0.6) is 0 Å². The predicted octanol–water partition coefficient (Wildman–Crippen LogP) is 4.54. The molecule has 0 saturated heterocycles. The summed E-state index contributed by atoms with van der Waals surface area (Å²) in [6, 6.07) is 14.2. The van der Waals surface area contributed by atoms with Gasteiger partial charge in [0, 0.05) is 16.8 Å². The van der Waals surface area contributed by atoms with Gasteiger partial charge in [-0.05, 0) is 67.8 Å². The van der Waals surface area contributed by atoms with Crippen LogP contribution in [0, 0.1) is 20.8 Å². The summed E-state index contributed by atoms with van der Waals surface area (Å²) in [5, 5.41) is 8.40. The monoisotopic (exact) mass is 413 g/mol. The summed E-state index contributed by atoms with van der Waals surface area (Å²) < 4.78 is 1.35. The molecule has 0 saturated carbocycles. The molecule has 0 fully saturated rings. The SMILES string of the molecule is Cc1ccc(-n2nc(SCC(=O)Nc3cc(Cl)ccc3C)ccc2=O)cc1C. The van der Waals surface area contributed by atoms with Crippen molar-refractivity contribution in [1.82, 2.24) is 9.78 Å². The Bertz CT molecular complexity index is 1100. The second-order valence-corrected chi connectivity index (χ2v) is 7.92. The fraction of sp³-hybridized carbons (Fsp3) is 0.190. The lowest BCUT2D eigenvalue weighted by Crippen LogP contribution is -2.21. The van der Waals surface area contributed by atoms with Crippen LogP contribution in [0.1, 0.15) is 16.7 Å². The van der Waals surface area contributed by atoms with E-state index in [9.17, 15) is 9.59 Å². The van der Waals surface area contributed by atoms with Gasteiger partial charge < -0.3 is 5.32 Å². The minimum Gasteiger partial charge on any atom is -0.325 e. The Morgan fingerprint density at radius 3 is 2.54 bits per heavy atom. The van der Waals surface area contributed by atoms with Crippen LogP contribution >= 0.6 is 23.4 Å². The first-order chi connectivity index (χ1) is 13.3. The van der Waals surface area contributed by atoms with Crippen molar-refractivity contribution in [2.45, 2.75) is 25.8 Å². The smallest absolute Gasteiger partial charge is 0.271 e. The number of amides is 1. The first-order valence-electron chi connectivity index (χ1n) is 8.70. The first-order valence-corrected chi connectivity index (χ1v) is 10.1. The van der Waals surface area contributed by atoms with Crippen LogP contribution < -0.4 is 10.9 Å². The molecule has 1 heterocycles. The van der Waals surface area contributed by atoms with Crippen molar-refractivity contribution >= 4 is 35.0 Å². The Hall–Kier alpha value is -2.57. The highest BCUT2D eigenvalue weighted by molar-refractivity contribution is 7.99. The van der Waals surface area contributed by atoms with E-state index in [1.54, 1.807) is 18.2 Å². The van der Waals surface area contributed by atoms with E-state index in [-0.39, 0.29) is 17.2 Å². The molecule has 1 aromatic heterocycles. The number of rotatable bonds is 5. The normalized spacial score (nSPS) is 10.7. The highest BCUT2D eigenvalue weighted by atomic mass is 35.5. The molecular formula is C21H20ClN3O2S. The van der Waals surface area contributed by atoms with E-state index in [1.807, 2.05) is 45.0 Å². The lowest BCUT2D eigenvalue weighted by atomic mass is 10.1. The molecule has 28 heavy (non-hydrogen) atoms. The molecule has 3 rings (SSSR count). The van der Waals surface area contributed by atoms with Crippen molar-refractivity contribution in [1.29, 1.82) is 0 Å². The van der Waals surface area contributed by atoms with Crippen LogP contribution in [0.3, 0.4) is 0 Å². The molecule has 0 aliphatic rings. The average molecular weight is 414 g/mol. The van der Waals surface area contributed by atoms with Gasteiger partial charge in [-0.1, -0.05) is 35.5 Å². The van der Waals surface area contributed by atoms with E-state index in [1.165, 1.54) is 22.5 Å². The fourth-order valence-electron chi connectivity index (χ4n) is 2.57. The van der Waals surface area contributed by atoms with Crippen molar-refractivity contribution in [3.05, 3.63) is 80.6 Å². The Morgan fingerprint density at radius 2 is 1.79 bits per heavy atom. The zero-order valence-electron chi connectivity index (χ0n) is 15.8. The lowest BCUT2D eigenvalue weighted by molar-refractivity contribution is -0.113. The Morgan fingerprint density at radius 1 is 1.04 bits per heavy atom. The summed E-state index contributed by atoms with van der Waals surface area (Å²) >= 11 is 7.25. The van der Waals surface area contributed by atoms with Gasteiger partial charge in [-0.2, -0.15) is 9.78 Å². The maximum atomic E-state index is 12.3. The molecule has 0 aliphatic carbocycles. The molecule has 1 amide bonds. The van der Waals surface area contributed by atoms with E-state index >= 15 is 0 Å². The van der Waals surface area contributed by atoms with Crippen LogP contribution in [0.15, 0.2) is 58.4 Å². The summed E-state index contributed by atoms with van der Waals surface area (Å²) in [5.41, 5.74) is 4.34. The maximum absolute atomic E-state index is 12.3. The number of nitrogens with zero attached hydrogens (tertiary/aromatic N) is 2. The molecule has 144 valence electrons. The van der Waals surface area contributed by atoms with Crippen LogP contribution in [0.25, 0.3) is 5.69 Å². The van der Waals surface area contributed by atoms with Gasteiger partial charge in [0.1, 0.15) is 5.03 Å². The molecule has 7 heteroatoms.